The van der Waals surface area contributed by atoms with Crippen LogP contribution in [0.2, 0.25) is 0 Å². The van der Waals surface area contributed by atoms with Gasteiger partial charge in [0.25, 0.3) is 0 Å². The summed E-state index contributed by atoms with van der Waals surface area (Å²) in [5, 5.41) is 7.01. The monoisotopic (exact) mass is 265 g/mol. The molecule has 1 aliphatic rings. The van der Waals surface area contributed by atoms with Crippen LogP contribution < -0.4 is 0 Å². The number of ether oxygens (including phenoxy) is 1. The van der Waals surface area contributed by atoms with E-state index in [1.165, 1.54) is 0 Å². The SMILES string of the molecule is CC(C)(C)OC(=O)N1CCCC[C@H](c2ccn[nH]2)C1. The second-order valence-corrected chi connectivity index (χ2v) is 6.13. The minimum absolute atomic E-state index is 0.209. The number of hydrogen-bond donors (Lipinski definition) is 1. The van der Waals surface area contributed by atoms with Crippen molar-refractivity contribution >= 4 is 6.09 Å². The second kappa shape index (κ2) is 5.63. The van der Waals surface area contributed by atoms with Gasteiger partial charge in [-0.2, -0.15) is 5.10 Å². The maximum absolute atomic E-state index is 12.2. The van der Waals surface area contributed by atoms with Gasteiger partial charge in [-0.1, -0.05) is 6.42 Å². The van der Waals surface area contributed by atoms with E-state index in [-0.39, 0.29) is 6.09 Å². The molecule has 2 heterocycles. The minimum Gasteiger partial charge on any atom is -0.444 e. The highest BCUT2D eigenvalue weighted by atomic mass is 16.6. The first-order chi connectivity index (χ1) is 8.96. The van der Waals surface area contributed by atoms with Crippen molar-refractivity contribution in [1.82, 2.24) is 15.1 Å². The molecule has 0 aromatic carbocycles. The predicted octanol–water partition coefficient (Wildman–Crippen LogP) is 2.91. The zero-order valence-corrected chi connectivity index (χ0v) is 12.0. The first kappa shape index (κ1) is 13.9. The molecule has 1 aromatic heterocycles. The maximum atomic E-state index is 12.2. The largest absolute Gasteiger partial charge is 0.444 e. The molecule has 1 fully saturated rings. The van der Waals surface area contributed by atoms with Crippen LogP contribution in [-0.4, -0.2) is 39.9 Å². The first-order valence-electron chi connectivity index (χ1n) is 6.93. The van der Waals surface area contributed by atoms with E-state index in [4.69, 9.17) is 4.74 Å². The number of likely N-dealkylation sites (tertiary alicyclic amines) is 1. The lowest BCUT2D eigenvalue weighted by Crippen LogP contribution is -2.38. The molecule has 0 bridgehead atoms. The van der Waals surface area contributed by atoms with Crippen molar-refractivity contribution in [2.75, 3.05) is 13.1 Å². The van der Waals surface area contributed by atoms with E-state index in [2.05, 4.69) is 10.2 Å². The molecule has 1 amide bonds. The van der Waals surface area contributed by atoms with Gasteiger partial charge in [0.05, 0.1) is 0 Å². The fourth-order valence-electron chi connectivity index (χ4n) is 2.38. The molecule has 2 rings (SSSR count). The van der Waals surface area contributed by atoms with Gasteiger partial charge in [-0.15, -0.1) is 0 Å². The summed E-state index contributed by atoms with van der Waals surface area (Å²) in [6.07, 6.45) is 4.80. The molecule has 19 heavy (non-hydrogen) atoms. The van der Waals surface area contributed by atoms with Crippen LogP contribution in [0.5, 0.6) is 0 Å². The molecule has 1 aliphatic heterocycles. The van der Waals surface area contributed by atoms with Crippen LogP contribution in [0.1, 0.15) is 51.6 Å². The van der Waals surface area contributed by atoms with E-state index in [9.17, 15) is 4.79 Å². The Bertz CT molecular complexity index is 409. The van der Waals surface area contributed by atoms with Crippen molar-refractivity contribution < 1.29 is 9.53 Å². The molecule has 5 nitrogen and oxygen atoms in total. The summed E-state index contributed by atoms with van der Waals surface area (Å²) in [5.41, 5.74) is 0.669. The van der Waals surface area contributed by atoms with Crippen LogP contribution in [0, 0.1) is 0 Å². The second-order valence-electron chi connectivity index (χ2n) is 6.13. The van der Waals surface area contributed by atoms with Crippen LogP contribution in [0.15, 0.2) is 12.3 Å². The molecule has 0 radical (unpaired) electrons. The lowest BCUT2D eigenvalue weighted by Gasteiger charge is -2.28. The zero-order valence-electron chi connectivity index (χ0n) is 12.0. The Morgan fingerprint density at radius 1 is 1.47 bits per heavy atom. The molecule has 0 unspecified atom stereocenters. The Labute approximate surface area is 114 Å². The first-order valence-corrected chi connectivity index (χ1v) is 6.93. The van der Waals surface area contributed by atoms with Gasteiger partial charge in [0.15, 0.2) is 0 Å². The van der Waals surface area contributed by atoms with Gasteiger partial charge < -0.3 is 9.64 Å². The van der Waals surface area contributed by atoms with E-state index in [0.717, 1.165) is 31.5 Å². The molecule has 0 spiro atoms. The highest BCUT2D eigenvalue weighted by Crippen LogP contribution is 2.25. The topological polar surface area (TPSA) is 58.2 Å². The van der Waals surface area contributed by atoms with Gasteiger partial charge in [-0.25, -0.2) is 4.79 Å². The third kappa shape index (κ3) is 3.98. The number of amides is 1. The van der Waals surface area contributed by atoms with Crippen LogP contribution in [-0.2, 0) is 4.74 Å². The van der Waals surface area contributed by atoms with E-state index >= 15 is 0 Å². The average Bonchev–Trinajstić information content (AvgIpc) is 2.71. The number of carbonyl (C=O) groups is 1. The standard InChI is InChI=1S/C14H23N3O2/c1-14(2,3)19-13(18)17-9-5-4-6-11(10-17)12-7-8-15-16-12/h7-8,11H,4-6,9-10H2,1-3H3,(H,15,16)/t11-/m0/s1. The third-order valence-electron chi connectivity index (χ3n) is 3.29. The Morgan fingerprint density at radius 2 is 2.26 bits per heavy atom. The van der Waals surface area contributed by atoms with Crippen molar-refractivity contribution in [2.24, 2.45) is 0 Å². The molecule has 1 saturated heterocycles. The molecule has 1 N–H and O–H groups in total. The molecule has 5 heteroatoms. The maximum Gasteiger partial charge on any atom is 0.410 e. The average molecular weight is 265 g/mol. The molecule has 1 aromatic rings. The van der Waals surface area contributed by atoms with Crippen molar-refractivity contribution in [3.63, 3.8) is 0 Å². The van der Waals surface area contributed by atoms with Gasteiger partial charge in [-0.3, -0.25) is 5.10 Å². The minimum atomic E-state index is -0.438. The summed E-state index contributed by atoms with van der Waals surface area (Å²) in [4.78, 5) is 14.0. The Kier molecular flexibility index (Phi) is 4.12. The number of aromatic amines is 1. The van der Waals surface area contributed by atoms with E-state index in [0.29, 0.717) is 12.5 Å². The molecule has 0 aliphatic carbocycles. The quantitative estimate of drug-likeness (QED) is 0.849. The number of aromatic nitrogens is 2. The Morgan fingerprint density at radius 3 is 2.89 bits per heavy atom. The summed E-state index contributed by atoms with van der Waals surface area (Å²) in [6.45, 7) is 7.18. The fourth-order valence-corrected chi connectivity index (χ4v) is 2.38. The number of nitrogens with zero attached hydrogens (tertiary/aromatic N) is 2. The van der Waals surface area contributed by atoms with Crippen LogP contribution in [0.3, 0.4) is 0 Å². The summed E-state index contributed by atoms with van der Waals surface area (Å²) < 4.78 is 5.46. The fraction of sp³-hybridized carbons (Fsp3) is 0.714. The van der Waals surface area contributed by atoms with Crippen molar-refractivity contribution in [3.8, 4) is 0 Å². The van der Waals surface area contributed by atoms with Gasteiger partial charge in [0.1, 0.15) is 5.60 Å². The Balaban J connectivity index is 2.02. The van der Waals surface area contributed by atoms with E-state index in [1.54, 1.807) is 6.20 Å². The van der Waals surface area contributed by atoms with Crippen LogP contribution in [0.4, 0.5) is 4.79 Å². The molecule has 106 valence electrons. The van der Waals surface area contributed by atoms with Gasteiger partial charge in [0, 0.05) is 30.9 Å². The third-order valence-corrected chi connectivity index (χ3v) is 3.29. The van der Waals surface area contributed by atoms with Crippen LogP contribution in [0.25, 0.3) is 0 Å². The lowest BCUT2D eigenvalue weighted by atomic mass is 10.00. The number of carbonyl (C=O) groups excluding carboxylic acids is 1. The smallest absolute Gasteiger partial charge is 0.410 e. The van der Waals surface area contributed by atoms with Crippen LogP contribution >= 0.6 is 0 Å². The molecule has 1 atom stereocenters. The lowest BCUT2D eigenvalue weighted by molar-refractivity contribution is 0.0248. The van der Waals surface area contributed by atoms with Crippen molar-refractivity contribution in [2.45, 2.75) is 51.6 Å². The van der Waals surface area contributed by atoms with Crippen molar-refractivity contribution in [3.05, 3.63) is 18.0 Å². The zero-order chi connectivity index (χ0) is 13.9. The normalized spacial score (nSPS) is 21.0. The van der Waals surface area contributed by atoms with E-state index in [1.807, 2.05) is 31.7 Å². The Hall–Kier alpha value is -1.52. The molecular weight excluding hydrogens is 242 g/mol. The van der Waals surface area contributed by atoms with Gasteiger partial charge >= 0.3 is 6.09 Å². The summed E-state index contributed by atoms with van der Waals surface area (Å²) in [6, 6.07) is 1.99. The highest BCUT2D eigenvalue weighted by molar-refractivity contribution is 5.68. The summed E-state index contributed by atoms with van der Waals surface area (Å²) >= 11 is 0. The van der Waals surface area contributed by atoms with Gasteiger partial charge in [-0.05, 0) is 39.7 Å². The van der Waals surface area contributed by atoms with E-state index < -0.39 is 5.60 Å². The summed E-state index contributed by atoms with van der Waals surface area (Å²) in [5.74, 6) is 0.331. The highest BCUT2D eigenvalue weighted by Gasteiger charge is 2.27. The number of H-pyrrole nitrogens is 1. The number of hydrogen-bond acceptors (Lipinski definition) is 3. The van der Waals surface area contributed by atoms with Crippen molar-refractivity contribution in [1.29, 1.82) is 0 Å². The molecular formula is C14H23N3O2. The number of rotatable bonds is 1. The van der Waals surface area contributed by atoms with Gasteiger partial charge in [0.2, 0.25) is 0 Å². The summed E-state index contributed by atoms with van der Waals surface area (Å²) in [7, 11) is 0. The number of nitrogens with one attached hydrogen (secondary N) is 1. The predicted molar refractivity (Wildman–Crippen MR) is 73.0 cm³/mol. The molecule has 0 saturated carbocycles.